The molecule has 73 heavy (non-hydrogen) atoms. The number of anilines is 2. The normalized spacial score (nSPS) is 15.5. The first-order valence-corrected chi connectivity index (χ1v) is 24.2. The lowest BCUT2D eigenvalue weighted by Crippen LogP contribution is -2.41. The summed E-state index contributed by atoms with van der Waals surface area (Å²) in [5, 5.41) is 0.523. The van der Waals surface area contributed by atoms with Crippen molar-refractivity contribution < 1.29 is 50.3 Å². The van der Waals surface area contributed by atoms with Crippen molar-refractivity contribution in [3.63, 3.8) is 0 Å². The van der Waals surface area contributed by atoms with Gasteiger partial charge in [-0.15, -0.1) is 11.3 Å². The minimum Gasteiger partial charge on any atom is -0.457 e. The third-order valence-electron chi connectivity index (χ3n) is 13.8. The van der Waals surface area contributed by atoms with Crippen LogP contribution in [-0.2, 0) is 10.8 Å². The van der Waals surface area contributed by atoms with Crippen LogP contribution >= 0.6 is 22.7 Å². The number of carbonyl (C=O) groups excluding carboxylic acids is 4. The molecule has 2 unspecified atom stereocenters. The number of hydrogen-bond acceptors (Lipinski definition) is 9. The van der Waals surface area contributed by atoms with Gasteiger partial charge in [0.25, 0.3) is 23.6 Å². The third-order valence-corrected chi connectivity index (χ3v) is 15.9. The van der Waals surface area contributed by atoms with Gasteiger partial charge in [-0.25, -0.2) is 19.8 Å². The zero-order valence-electron chi connectivity index (χ0n) is 38.8. The third kappa shape index (κ3) is 7.59. The Balaban J connectivity index is 0.847. The monoisotopic (exact) mass is 1020 g/mol. The smallest absolute Gasteiger partial charge is 0.402 e. The number of halogens is 6. The van der Waals surface area contributed by atoms with Gasteiger partial charge in [0.1, 0.15) is 27.3 Å². The van der Waals surface area contributed by atoms with Crippen molar-refractivity contribution in [3.8, 4) is 22.1 Å². The topological polar surface area (TPSA) is 110 Å². The predicted octanol–water partition coefficient (Wildman–Crippen LogP) is 14.3. The van der Waals surface area contributed by atoms with Gasteiger partial charge >= 0.3 is 12.4 Å². The Kier molecular flexibility index (Phi) is 10.9. The Morgan fingerprint density at radius 1 is 0.452 bits per heavy atom. The van der Waals surface area contributed by atoms with E-state index in [4.69, 9.17) is 9.72 Å². The van der Waals surface area contributed by atoms with E-state index in [2.05, 4.69) is 4.98 Å². The van der Waals surface area contributed by atoms with Crippen LogP contribution in [-0.4, -0.2) is 45.9 Å². The number of nitrogens with zero attached hydrogens (tertiary/aromatic N) is 4. The molecule has 0 N–H and O–H groups in total. The van der Waals surface area contributed by atoms with Crippen molar-refractivity contribution in [2.45, 2.75) is 50.9 Å². The van der Waals surface area contributed by atoms with E-state index >= 15 is 13.2 Å². The van der Waals surface area contributed by atoms with Crippen molar-refractivity contribution in [1.29, 1.82) is 0 Å². The summed E-state index contributed by atoms with van der Waals surface area (Å²) >= 11 is 2.28. The van der Waals surface area contributed by atoms with E-state index in [9.17, 15) is 32.3 Å². The second-order valence-electron chi connectivity index (χ2n) is 18.3. The number of benzene rings is 7. The maximum absolute atomic E-state index is 15.5. The molecule has 4 heterocycles. The Bertz CT molecular complexity index is 3730. The molecule has 0 aliphatic carbocycles. The summed E-state index contributed by atoms with van der Waals surface area (Å²) in [4.78, 5) is 66.5. The Morgan fingerprint density at radius 3 is 1.40 bits per heavy atom. The van der Waals surface area contributed by atoms with Gasteiger partial charge in [-0.05, 0) is 123 Å². The summed E-state index contributed by atoms with van der Waals surface area (Å²) in [5.74, 6) is -2.21. The van der Waals surface area contributed by atoms with E-state index in [0.29, 0.717) is 42.5 Å². The Morgan fingerprint density at radius 2 is 0.863 bits per heavy atom. The number of ether oxygens (including phenoxy) is 1. The summed E-state index contributed by atoms with van der Waals surface area (Å²) in [6.45, 7) is 5.81. The number of fused-ring (bicyclic) bond motifs is 4. The standard InChI is InChI=1S/C56H36F6N4O5S2/c1-29-5-11-32(12-6-29)53(3,55(57,58)59)33-13-9-31(10-14-33)47-63-43-27-46-44(28-45(43)72-47)64-52(73-46)66-49(68)40-24-16-35(26-42(40)51(66)70)54(4,56(60,61)62)34-15-23-39-41(25-34)50(69)65(48(39)67)36-17-21-38(22-18-36)71-37-19-7-30(2)8-20-37/h5-28H,1-4H3. The number of alkyl halides is 6. The average Bonchev–Trinajstić information content (AvgIpc) is 4.11. The number of imide groups is 2. The van der Waals surface area contributed by atoms with Crippen LogP contribution in [0.2, 0.25) is 0 Å². The highest BCUT2D eigenvalue weighted by Gasteiger charge is 2.56. The lowest BCUT2D eigenvalue weighted by molar-refractivity contribution is -0.173. The van der Waals surface area contributed by atoms with Crippen LogP contribution in [0.4, 0.5) is 37.2 Å². The first-order chi connectivity index (χ1) is 34.6. The Labute approximate surface area is 419 Å². The molecule has 11 rings (SSSR count). The summed E-state index contributed by atoms with van der Waals surface area (Å²) in [7, 11) is 0. The molecule has 364 valence electrons. The number of amides is 4. The molecule has 0 saturated heterocycles. The molecule has 2 atom stereocenters. The van der Waals surface area contributed by atoms with Crippen molar-refractivity contribution in [2.24, 2.45) is 0 Å². The highest BCUT2D eigenvalue weighted by molar-refractivity contribution is 7.23. The second kappa shape index (κ2) is 16.8. The minimum atomic E-state index is -5.01. The highest BCUT2D eigenvalue weighted by Crippen LogP contribution is 2.50. The van der Waals surface area contributed by atoms with E-state index in [0.717, 1.165) is 76.4 Å². The number of hydrogen-bond donors (Lipinski definition) is 0. The van der Waals surface area contributed by atoms with Gasteiger partial charge in [0.15, 0.2) is 0 Å². The van der Waals surface area contributed by atoms with Gasteiger partial charge in [0, 0.05) is 5.56 Å². The van der Waals surface area contributed by atoms with E-state index in [1.807, 2.05) is 19.1 Å². The van der Waals surface area contributed by atoms with Gasteiger partial charge in [-0.3, -0.25) is 19.2 Å². The zero-order valence-corrected chi connectivity index (χ0v) is 40.4. The number of carbonyl (C=O) groups is 4. The zero-order chi connectivity index (χ0) is 51.5. The number of thiazole rings is 2. The molecular weight excluding hydrogens is 987 g/mol. The molecule has 0 fully saturated rings. The Hall–Kier alpha value is -8.02. The quantitative estimate of drug-likeness (QED) is 0.105. The van der Waals surface area contributed by atoms with Crippen LogP contribution in [0.25, 0.3) is 31.0 Å². The molecule has 4 amide bonds. The molecule has 0 spiro atoms. The molecular formula is C56H36F6N4O5S2. The van der Waals surface area contributed by atoms with Gasteiger partial charge in [0.05, 0.1) is 48.4 Å². The van der Waals surface area contributed by atoms with Crippen molar-refractivity contribution in [1.82, 2.24) is 9.97 Å². The maximum Gasteiger partial charge on any atom is 0.402 e. The lowest BCUT2D eigenvalue weighted by Gasteiger charge is -2.33. The molecule has 9 aromatic rings. The van der Waals surface area contributed by atoms with Gasteiger partial charge in [-0.2, -0.15) is 26.3 Å². The molecule has 9 nitrogen and oxygen atoms in total. The van der Waals surface area contributed by atoms with Crippen molar-refractivity contribution in [3.05, 3.63) is 201 Å². The van der Waals surface area contributed by atoms with Crippen LogP contribution in [0.5, 0.6) is 11.5 Å². The lowest BCUT2D eigenvalue weighted by atomic mass is 9.74. The number of aryl methyl sites for hydroxylation is 2. The number of aromatic nitrogens is 2. The van der Waals surface area contributed by atoms with Crippen molar-refractivity contribution in [2.75, 3.05) is 9.80 Å². The summed E-state index contributed by atoms with van der Waals surface area (Å²) in [6.07, 6.45) is -9.59. The fourth-order valence-electron chi connectivity index (χ4n) is 9.29. The molecule has 0 saturated carbocycles. The van der Waals surface area contributed by atoms with Gasteiger partial charge in [0.2, 0.25) is 5.13 Å². The molecule has 0 radical (unpaired) electrons. The molecule has 2 aliphatic heterocycles. The van der Waals surface area contributed by atoms with E-state index in [1.54, 1.807) is 67.6 Å². The SMILES string of the molecule is Cc1ccc(Oc2ccc(N3C(=O)c4ccc(C(C)(c5ccc6c(c5)C(=O)N(c5nc7cc8sc(-c9ccc(C(C)(c%10ccc(C)cc%10)C(F)(F)F)cc9)nc8cc7s5)C6=O)C(F)(F)F)cc4C3=O)cc2)cc1. The summed E-state index contributed by atoms with van der Waals surface area (Å²) < 4.78 is 97.7. The largest absolute Gasteiger partial charge is 0.457 e. The van der Waals surface area contributed by atoms with Gasteiger partial charge in [-0.1, -0.05) is 95.3 Å². The molecule has 7 aromatic carbocycles. The van der Waals surface area contributed by atoms with Gasteiger partial charge < -0.3 is 4.74 Å². The average molecular weight is 1020 g/mol. The van der Waals surface area contributed by atoms with E-state index in [-0.39, 0.29) is 55.3 Å². The van der Waals surface area contributed by atoms with Crippen LogP contribution in [0.1, 0.15) is 88.7 Å². The summed E-state index contributed by atoms with van der Waals surface area (Å²) in [6, 6.07) is 36.0. The van der Waals surface area contributed by atoms with Crippen LogP contribution in [0.3, 0.4) is 0 Å². The summed E-state index contributed by atoms with van der Waals surface area (Å²) in [5.41, 5.74) is -2.81. The van der Waals surface area contributed by atoms with E-state index in [1.165, 1.54) is 53.8 Å². The first-order valence-electron chi connectivity index (χ1n) is 22.6. The van der Waals surface area contributed by atoms with Crippen LogP contribution < -0.4 is 14.5 Å². The molecule has 2 aliphatic rings. The second-order valence-corrected chi connectivity index (χ2v) is 20.4. The maximum atomic E-state index is 15.5. The fourth-order valence-corrected chi connectivity index (χ4v) is 11.3. The predicted molar refractivity (Wildman–Crippen MR) is 267 cm³/mol. The molecule has 17 heteroatoms. The minimum absolute atomic E-state index is 0.0177. The fraction of sp³-hybridized carbons (Fsp3) is 0.143. The van der Waals surface area contributed by atoms with E-state index < -0.39 is 46.8 Å². The molecule has 0 bridgehead atoms. The number of rotatable bonds is 9. The van der Waals surface area contributed by atoms with Crippen LogP contribution in [0.15, 0.2) is 146 Å². The van der Waals surface area contributed by atoms with Crippen molar-refractivity contribution >= 4 is 77.6 Å². The first kappa shape index (κ1) is 47.3. The molecule has 2 aromatic heterocycles. The highest BCUT2D eigenvalue weighted by atomic mass is 32.1. The van der Waals surface area contributed by atoms with Crippen LogP contribution in [0, 0.1) is 13.8 Å².